The SMILES string of the molecule is CC(=O)c1cccc(NC(=O)C2c3ccccc3C(=O)N2C2CCN(Cc3ccc(Cl)c(C)c3)CC2)c1. The summed E-state index contributed by atoms with van der Waals surface area (Å²) in [6.07, 6.45) is 1.58. The summed E-state index contributed by atoms with van der Waals surface area (Å²) in [7, 11) is 0. The van der Waals surface area contributed by atoms with Crippen LogP contribution in [0.25, 0.3) is 0 Å². The molecule has 1 atom stereocenters. The maximum atomic E-state index is 13.6. The van der Waals surface area contributed by atoms with Gasteiger partial charge in [-0.3, -0.25) is 19.3 Å². The van der Waals surface area contributed by atoms with Crippen molar-refractivity contribution in [3.63, 3.8) is 0 Å². The molecule has 1 unspecified atom stereocenters. The van der Waals surface area contributed by atoms with Crippen molar-refractivity contribution in [1.29, 1.82) is 0 Å². The minimum absolute atomic E-state index is 0.0394. The third kappa shape index (κ3) is 5.17. The van der Waals surface area contributed by atoms with Gasteiger partial charge in [-0.1, -0.05) is 54.1 Å². The van der Waals surface area contributed by atoms with E-state index in [1.807, 2.05) is 31.2 Å². The van der Waals surface area contributed by atoms with E-state index in [9.17, 15) is 14.4 Å². The lowest BCUT2D eigenvalue weighted by Crippen LogP contribution is -2.48. The Hall–Kier alpha value is -3.48. The number of hydrogen-bond donors (Lipinski definition) is 1. The van der Waals surface area contributed by atoms with E-state index in [0.717, 1.165) is 48.6 Å². The predicted molar refractivity (Wildman–Crippen MR) is 145 cm³/mol. The van der Waals surface area contributed by atoms with Gasteiger partial charge in [0.25, 0.3) is 11.8 Å². The fourth-order valence-electron chi connectivity index (χ4n) is 5.43. The first-order valence-corrected chi connectivity index (χ1v) is 13.0. The number of carbonyl (C=O) groups excluding carboxylic acids is 3. The number of hydrogen-bond acceptors (Lipinski definition) is 4. The van der Waals surface area contributed by atoms with Crippen molar-refractivity contribution in [3.8, 4) is 0 Å². The molecule has 0 spiro atoms. The number of rotatable bonds is 6. The van der Waals surface area contributed by atoms with Gasteiger partial charge >= 0.3 is 0 Å². The summed E-state index contributed by atoms with van der Waals surface area (Å²) in [6.45, 7) is 6.00. The number of Topliss-reactive ketones (excluding diaryl/α,β-unsaturated/α-hetero) is 1. The highest BCUT2D eigenvalue weighted by atomic mass is 35.5. The van der Waals surface area contributed by atoms with E-state index >= 15 is 0 Å². The fraction of sp³-hybridized carbons (Fsp3) is 0.300. The van der Waals surface area contributed by atoms with Gasteiger partial charge < -0.3 is 10.2 Å². The Morgan fingerprint density at radius 3 is 2.49 bits per heavy atom. The van der Waals surface area contributed by atoms with Gasteiger partial charge in [0.1, 0.15) is 6.04 Å². The molecule has 1 N–H and O–H groups in total. The van der Waals surface area contributed by atoms with Gasteiger partial charge in [0.15, 0.2) is 5.78 Å². The molecular weight excluding hydrogens is 486 g/mol. The third-order valence-electron chi connectivity index (χ3n) is 7.36. The first-order valence-electron chi connectivity index (χ1n) is 12.6. The molecular formula is C30H30ClN3O3. The van der Waals surface area contributed by atoms with Gasteiger partial charge in [-0.05, 0) is 67.6 Å². The Morgan fingerprint density at radius 1 is 1.00 bits per heavy atom. The lowest BCUT2D eigenvalue weighted by atomic mass is 9.99. The lowest BCUT2D eigenvalue weighted by Gasteiger charge is -2.39. The van der Waals surface area contributed by atoms with Crippen LogP contribution in [0, 0.1) is 6.92 Å². The molecule has 6 nitrogen and oxygen atoms in total. The maximum absolute atomic E-state index is 13.6. The van der Waals surface area contributed by atoms with Crippen LogP contribution in [-0.2, 0) is 11.3 Å². The Balaban J connectivity index is 1.33. The van der Waals surface area contributed by atoms with Crippen LogP contribution in [0.3, 0.4) is 0 Å². The smallest absolute Gasteiger partial charge is 0.255 e. The topological polar surface area (TPSA) is 69.7 Å². The minimum atomic E-state index is -0.708. The molecule has 190 valence electrons. The highest BCUT2D eigenvalue weighted by molar-refractivity contribution is 6.31. The summed E-state index contributed by atoms with van der Waals surface area (Å²) >= 11 is 6.18. The number of carbonyl (C=O) groups is 3. The molecule has 0 aliphatic carbocycles. The van der Waals surface area contributed by atoms with Gasteiger partial charge in [-0.2, -0.15) is 0 Å². The maximum Gasteiger partial charge on any atom is 0.255 e. The Kier molecular flexibility index (Phi) is 7.13. The summed E-state index contributed by atoms with van der Waals surface area (Å²) < 4.78 is 0. The standard InChI is InChI=1S/C30H30ClN3O3/c1-19-16-21(10-11-27(19)31)18-33-14-12-24(13-15-33)34-28(25-8-3-4-9-26(25)30(34)37)29(36)32-23-7-5-6-22(17-23)20(2)35/h3-11,16-17,24,28H,12-15,18H2,1-2H3,(H,32,36). The first kappa shape index (κ1) is 25.2. The summed E-state index contributed by atoms with van der Waals surface area (Å²) in [6, 6.07) is 19.6. The Morgan fingerprint density at radius 2 is 1.76 bits per heavy atom. The number of ketones is 1. The molecule has 0 radical (unpaired) electrons. The van der Waals surface area contributed by atoms with Gasteiger partial charge in [0.05, 0.1) is 0 Å². The van der Waals surface area contributed by atoms with Crippen molar-refractivity contribution >= 4 is 34.9 Å². The van der Waals surface area contributed by atoms with Crippen molar-refractivity contribution in [3.05, 3.63) is 99.6 Å². The number of fused-ring (bicyclic) bond motifs is 1. The van der Waals surface area contributed by atoms with Crippen LogP contribution in [-0.4, -0.2) is 46.5 Å². The number of likely N-dealkylation sites (tertiary alicyclic amines) is 1. The van der Waals surface area contributed by atoms with E-state index in [4.69, 9.17) is 11.6 Å². The fourth-order valence-corrected chi connectivity index (χ4v) is 5.54. The van der Waals surface area contributed by atoms with Crippen molar-refractivity contribution in [2.75, 3.05) is 18.4 Å². The van der Waals surface area contributed by atoms with Crippen LogP contribution in [0.4, 0.5) is 5.69 Å². The van der Waals surface area contributed by atoms with E-state index in [1.54, 1.807) is 35.2 Å². The average Bonchev–Trinajstić information content (AvgIpc) is 3.19. The number of nitrogens with one attached hydrogen (secondary N) is 1. The van der Waals surface area contributed by atoms with Gasteiger partial charge in [-0.25, -0.2) is 0 Å². The second kappa shape index (κ2) is 10.5. The van der Waals surface area contributed by atoms with Crippen LogP contribution >= 0.6 is 11.6 Å². The molecule has 0 aromatic heterocycles. The molecule has 0 saturated carbocycles. The van der Waals surface area contributed by atoms with E-state index in [2.05, 4.69) is 22.3 Å². The molecule has 0 bridgehead atoms. The van der Waals surface area contributed by atoms with Gasteiger partial charge in [0, 0.05) is 47.5 Å². The molecule has 2 aliphatic heterocycles. The molecule has 2 aliphatic rings. The van der Waals surface area contributed by atoms with Crippen LogP contribution in [0.1, 0.15) is 63.2 Å². The van der Waals surface area contributed by atoms with Crippen molar-refractivity contribution in [1.82, 2.24) is 9.80 Å². The van der Waals surface area contributed by atoms with Gasteiger partial charge in [0.2, 0.25) is 0 Å². The number of amides is 2. The summed E-state index contributed by atoms with van der Waals surface area (Å²) in [5, 5.41) is 3.72. The normalized spacial score (nSPS) is 18.1. The molecule has 2 amide bonds. The van der Waals surface area contributed by atoms with E-state index in [0.29, 0.717) is 16.8 Å². The van der Waals surface area contributed by atoms with Crippen LogP contribution in [0.5, 0.6) is 0 Å². The number of anilines is 1. The largest absolute Gasteiger partial charge is 0.324 e. The first-order chi connectivity index (χ1) is 17.8. The third-order valence-corrected chi connectivity index (χ3v) is 7.79. The molecule has 7 heteroatoms. The highest BCUT2D eigenvalue weighted by Crippen LogP contribution is 2.38. The predicted octanol–water partition coefficient (Wildman–Crippen LogP) is 5.65. The highest BCUT2D eigenvalue weighted by Gasteiger charge is 2.45. The van der Waals surface area contributed by atoms with E-state index in [1.165, 1.54) is 12.5 Å². The minimum Gasteiger partial charge on any atom is -0.324 e. The quantitative estimate of drug-likeness (QED) is 0.431. The molecule has 1 saturated heterocycles. The summed E-state index contributed by atoms with van der Waals surface area (Å²) in [5.74, 6) is -0.433. The summed E-state index contributed by atoms with van der Waals surface area (Å²) in [4.78, 5) is 43.1. The second-order valence-corrected chi connectivity index (χ2v) is 10.3. The summed E-state index contributed by atoms with van der Waals surface area (Å²) in [5.41, 5.74) is 4.67. The molecule has 3 aromatic rings. The van der Waals surface area contributed by atoms with Crippen molar-refractivity contribution < 1.29 is 14.4 Å². The second-order valence-electron chi connectivity index (χ2n) is 9.92. The zero-order valence-corrected chi connectivity index (χ0v) is 21.8. The van der Waals surface area contributed by atoms with Gasteiger partial charge in [-0.15, -0.1) is 0 Å². The van der Waals surface area contributed by atoms with Crippen molar-refractivity contribution in [2.24, 2.45) is 0 Å². The number of piperidine rings is 1. The molecule has 2 heterocycles. The Bertz CT molecular complexity index is 1360. The average molecular weight is 516 g/mol. The number of benzene rings is 3. The number of nitrogens with zero attached hydrogens (tertiary/aromatic N) is 2. The van der Waals surface area contributed by atoms with E-state index < -0.39 is 6.04 Å². The zero-order chi connectivity index (χ0) is 26.1. The molecule has 3 aromatic carbocycles. The van der Waals surface area contributed by atoms with Crippen molar-refractivity contribution in [2.45, 2.75) is 45.3 Å². The van der Waals surface area contributed by atoms with Crippen LogP contribution in [0.15, 0.2) is 66.7 Å². The molecule has 37 heavy (non-hydrogen) atoms. The zero-order valence-electron chi connectivity index (χ0n) is 21.0. The monoisotopic (exact) mass is 515 g/mol. The lowest BCUT2D eigenvalue weighted by molar-refractivity contribution is -0.121. The number of aryl methyl sites for hydroxylation is 1. The molecule has 1 fully saturated rings. The van der Waals surface area contributed by atoms with E-state index in [-0.39, 0.29) is 23.6 Å². The molecule has 5 rings (SSSR count). The van der Waals surface area contributed by atoms with Crippen LogP contribution < -0.4 is 5.32 Å². The van der Waals surface area contributed by atoms with Crippen LogP contribution in [0.2, 0.25) is 5.02 Å². The number of halogens is 1. The Labute approximate surface area is 222 Å².